The number of anilines is 1. The number of rotatable bonds is 5. The summed E-state index contributed by atoms with van der Waals surface area (Å²) in [6, 6.07) is 21.3. The second kappa shape index (κ2) is 10.3. The molecule has 176 valence electrons. The Morgan fingerprint density at radius 1 is 0.735 bits per heavy atom. The molecule has 0 atom stereocenters. The molecule has 1 aliphatic heterocycles. The lowest BCUT2D eigenvalue weighted by Gasteiger charge is -2.22. The van der Waals surface area contributed by atoms with Crippen molar-refractivity contribution in [2.75, 3.05) is 30.9 Å². The zero-order chi connectivity index (χ0) is 24.1. The fourth-order valence-corrected chi connectivity index (χ4v) is 5.10. The van der Waals surface area contributed by atoms with Crippen molar-refractivity contribution in [2.45, 2.75) is 11.3 Å². The van der Waals surface area contributed by atoms with Gasteiger partial charge < -0.3 is 9.80 Å². The van der Waals surface area contributed by atoms with Gasteiger partial charge in [0.05, 0.1) is 4.90 Å². The predicted octanol–water partition coefficient (Wildman–Crippen LogP) is 4.13. The fraction of sp³-hybridized carbons (Fsp3) is 0.200. The molecule has 0 saturated carbocycles. The Morgan fingerprint density at radius 2 is 1.32 bits per heavy atom. The van der Waals surface area contributed by atoms with Crippen LogP contribution in [-0.2, 0) is 10.0 Å². The molecule has 9 heteroatoms. The summed E-state index contributed by atoms with van der Waals surface area (Å²) in [5.74, 6) is -0.327. The van der Waals surface area contributed by atoms with Gasteiger partial charge in [0.25, 0.3) is 21.8 Å². The summed E-state index contributed by atoms with van der Waals surface area (Å²) in [4.78, 5) is 29.6. The highest BCUT2D eigenvalue weighted by Gasteiger charge is 2.24. The average molecular weight is 498 g/mol. The van der Waals surface area contributed by atoms with Crippen LogP contribution >= 0.6 is 11.6 Å². The number of halogens is 1. The number of sulfonamides is 1. The van der Waals surface area contributed by atoms with E-state index in [0.29, 0.717) is 54.4 Å². The highest BCUT2D eigenvalue weighted by Crippen LogP contribution is 2.19. The topological polar surface area (TPSA) is 86.8 Å². The second-order valence-corrected chi connectivity index (χ2v) is 10.1. The molecule has 1 fully saturated rings. The minimum atomic E-state index is -3.76. The van der Waals surface area contributed by atoms with Gasteiger partial charge in [-0.2, -0.15) is 0 Å². The Labute approximate surface area is 204 Å². The van der Waals surface area contributed by atoms with Gasteiger partial charge in [-0.3, -0.25) is 14.3 Å². The van der Waals surface area contributed by atoms with Gasteiger partial charge in [0.15, 0.2) is 0 Å². The highest BCUT2D eigenvalue weighted by molar-refractivity contribution is 7.92. The molecule has 0 radical (unpaired) electrons. The van der Waals surface area contributed by atoms with E-state index >= 15 is 0 Å². The first-order valence-electron chi connectivity index (χ1n) is 10.9. The third kappa shape index (κ3) is 5.58. The Morgan fingerprint density at radius 3 is 1.94 bits per heavy atom. The van der Waals surface area contributed by atoms with E-state index in [0.717, 1.165) is 0 Å². The van der Waals surface area contributed by atoms with E-state index in [4.69, 9.17) is 11.6 Å². The smallest absolute Gasteiger partial charge is 0.261 e. The van der Waals surface area contributed by atoms with Crippen molar-refractivity contribution in [3.8, 4) is 0 Å². The second-order valence-electron chi connectivity index (χ2n) is 7.95. The summed E-state index contributed by atoms with van der Waals surface area (Å²) in [7, 11) is -3.76. The third-order valence-electron chi connectivity index (χ3n) is 5.56. The van der Waals surface area contributed by atoms with Gasteiger partial charge in [-0.15, -0.1) is 0 Å². The molecule has 7 nitrogen and oxygen atoms in total. The summed E-state index contributed by atoms with van der Waals surface area (Å²) >= 11 is 6.01. The maximum atomic E-state index is 13.2. The number of carbonyl (C=O) groups excluding carboxylic acids is 2. The van der Waals surface area contributed by atoms with Crippen molar-refractivity contribution in [2.24, 2.45) is 0 Å². The molecule has 0 aliphatic carbocycles. The van der Waals surface area contributed by atoms with Gasteiger partial charge in [-0.25, -0.2) is 8.42 Å². The van der Waals surface area contributed by atoms with E-state index in [1.165, 1.54) is 18.2 Å². The minimum Gasteiger partial charge on any atom is -0.337 e. The number of benzene rings is 3. The zero-order valence-electron chi connectivity index (χ0n) is 18.4. The molecule has 1 heterocycles. The molecule has 0 aromatic heterocycles. The number of hydrogen-bond acceptors (Lipinski definition) is 4. The van der Waals surface area contributed by atoms with Crippen molar-refractivity contribution >= 4 is 39.1 Å². The van der Waals surface area contributed by atoms with E-state index in [-0.39, 0.29) is 16.7 Å². The predicted molar refractivity (Wildman–Crippen MR) is 132 cm³/mol. The summed E-state index contributed by atoms with van der Waals surface area (Å²) < 4.78 is 27.8. The van der Waals surface area contributed by atoms with Gasteiger partial charge in [0.2, 0.25) is 0 Å². The average Bonchev–Trinajstić information content (AvgIpc) is 3.10. The van der Waals surface area contributed by atoms with Crippen LogP contribution in [0, 0.1) is 0 Å². The van der Waals surface area contributed by atoms with E-state index in [1.807, 2.05) is 0 Å². The summed E-state index contributed by atoms with van der Waals surface area (Å²) in [6.45, 7) is 1.81. The van der Waals surface area contributed by atoms with Crippen molar-refractivity contribution in [3.63, 3.8) is 0 Å². The minimum absolute atomic E-state index is 0.117. The lowest BCUT2D eigenvalue weighted by atomic mass is 10.1. The molecule has 2 amide bonds. The van der Waals surface area contributed by atoms with E-state index in [2.05, 4.69) is 4.72 Å². The number of nitrogens with zero attached hydrogens (tertiary/aromatic N) is 2. The number of carbonyl (C=O) groups is 2. The largest absolute Gasteiger partial charge is 0.337 e. The first-order valence-corrected chi connectivity index (χ1v) is 12.7. The zero-order valence-corrected chi connectivity index (χ0v) is 19.9. The van der Waals surface area contributed by atoms with Crippen molar-refractivity contribution in [3.05, 3.63) is 95.0 Å². The molecule has 0 spiro atoms. The molecule has 1 saturated heterocycles. The Balaban J connectivity index is 1.44. The van der Waals surface area contributed by atoms with Crippen molar-refractivity contribution in [1.82, 2.24) is 9.80 Å². The summed E-state index contributed by atoms with van der Waals surface area (Å²) in [5, 5.41) is 0.500. The fourth-order valence-electron chi connectivity index (χ4n) is 3.84. The van der Waals surface area contributed by atoms with Crippen LogP contribution in [0.4, 0.5) is 5.69 Å². The molecule has 1 aliphatic rings. The van der Waals surface area contributed by atoms with Crippen molar-refractivity contribution < 1.29 is 18.0 Å². The molecular formula is C25H24ClN3O4S. The maximum Gasteiger partial charge on any atom is 0.261 e. The van der Waals surface area contributed by atoms with Gasteiger partial charge in [-0.05, 0) is 55.0 Å². The van der Waals surface area contributed by atoms with Gasteiger partial charge in [0, 0.05) is 48.0 Å². The Hall–Kier alpha value is -3.36. The monoisotopic (exact) mass is 497 g/mol. The van der Waals surface area contributed by atoms with Gasteiger partial charge >= 0.3 is 0 Å². The van der Waals surface area contributed by atoms with Crippen LogP contribution in [0.2, 0.25) is 5.02 Å². The normalized spacial score (nSPS) is 14.4. The first kappa shape index (κ1) is 23.8. The summed E-state index contributed by atoms with van der Waals surface area (Å²) in [6.07, 6.45) is 0.637. The molecular weight excluding hydrogens is 474 g/mol. The van der Waals surface area contributed by atoms with Crippen LogP contribution < -0.4 is 4.72 Å². The van der Waals surface area contributed by atoms with E-state index in [1.54, 1.807) is 70.5 Å². The number of amides is 2. The molecule has 4 rings (SSSR count). The lowest BCUT2D eigenvalue weighted by molar-refractivity contribution is 0.0719. The number of hydrogen-bond donors (Lipinski definition) is 1. The van der Waals surface area contributed by atoms with Crippen LogP contribution in [-0.4, -0.2) is 56.2 Å². The van der Waals surface area contributed by atoms with Crippen LogP contribution in [0.5, 0.6) is 0 Å². The van der Waals surface area contributed by atoms with Crippen molar-refractivity contribution in [1.29, 1.82) is 0 Å². The Kier molecular flexibility index (Phi) is 7.19. The van der Waals surface area contributed by atoms with Gasteiger partial charge in [-0.1, -0.05) is 41.9 Å². The third-order valence-corrected chi connectivity index (χ3v) is 7.19. The standard InChI is InChI=1S/C25H24ClN3O4S/c26-21-9-4-7-19(17-21)24(30)28-13-6-14-29(16-15-28)25(31)20-8-5-10-22(18-20)27-34(32,33)23-11-2-1-3-12-23/h1-5,7-12,17-18,27H,6,13-16H2. The molecule has 0 bridgehead atoms. The molecule has 1 N–H and O–H groups in total. The molecule has 34 heavy (non-hydrogen) atoms. The lowest BCUT2D eigenvalue weighted by Crippen LogP contribution is -2.37. The molecule has 3 aromatic rings. The number of nitrogens with one attached hydrogen (secondary N) is 1. The highest BCUT2D eigenvalue weighted by atomic mass is 35.5. The van der Waals surface area contributed by atoms with Gasteiger partial charge in [0.1, 0.15) is 0 Å². The first-order chi connectivity index (χ1) is 16.3. The van der Waals surface area contributed by atoms with Crippen LogP contribution in [0.1, 0.15) is 27.1 Å². The Bertz CT molecular complexity index is 1300. The van der Waals surface area contributed by atoms with Crippen LogP contribution in [0.15, 0.2) is 83.8 Å². The van der Waals surface area contributed by atoms with Crippen LogP contribution in [0.25, 0.3) is 0 Å². The molecule has 3 aromatic carbocycles. The van der Waals surface area contributed by atoms with E-state index in [9.17, 15) is 18.0 Å². The SMILES string of the molecule is O=C(c1cccc(Cl)c1)N1CCCN(C(=O)c2cccc(NS(=O)(=O)c3ccccc3)c2)CC1. The molecule has 0 unspecified atom stereocenters. The quantitative estimate of drug-likeness (QED) is 0.574. The summed E-state index contributed by atoms with van der Waals surface area (Å²) in [5.41, 5.74) is 1.20. The van der Waals surface area contributed by atoms with Crippen LogP contribution in [0.3, 0.4) is 0 Å². The van der Waals surface area contributed by atoms with E-state index < -0.39 is 10.0 Å². The maximum absolute atomic E-state index is 13.2.